The number of hydrogen-bond donors (Lipinski definition) is 2. The molecule has 4 heteroatoms. The van der Waals surface area contributed by atoms with Gasteiger partial charge in [0.1, 0.15) is 0 Å². The highest BCUT2D eigenvalue weighted by Crippen LogP contribution is 2.17. The summed E-state index contributed by atoms with van der Waals surface area (Å²) < 4.78 is 0. The Morgan fingerprint density at radius 1 is 1.50 bits per heavy atom. The Labute approximate surface area is 97.1 Å². The highest BCUT2D eigenvalue weighted by atomic mass is 16.3. The number of hydrogen-bond acceptors (Lipinski definition) is 4. The van der Waals surface area contributed by atoms with Gasteiger partial charge < -0.3 is 15.7 Å². The second-order valence-corrected chi connectivity index (χ2v) is 4.34. The van der Waals surface area contributed by atoms with Crippen molar-refractivity contribution in [2.75, 3.05) is 20.6 Å². The van der Waals surface area contributed by atoms with Crippen LogP contribution in [0.5, 0.6) is 0 Å². The molecule has 0 aliphatic carbocycles. The van der Waals surface area contributed by atoms with Crippen LogP contribution < -0.4 is 5.73 Å². The molecule has 1 aromatic heterocycles. The minimum atomic E-state index is -0.615. The summed E-state index contributed by atoms with van der Waals surface area (Å²) in [6.07, 6.45) is 4.54. The van der Waals surface area contributed by atoms with Gasteiger partial charge in [-0.25, -0.2) is 0 Å². The van der Waals surface area contributed by atoms with Crippen LogP contribution >= 0.6 is 0 Å². The molecular formula is C12H21N3O. The van der Waals surface area contributed by atoms with Gasteiger partial charge in [0.2, 0.25) is 0 Å². The molecule has 0 aliphatic heterocycles. The molecule has 1 rings (SSSR count). The summed E-state index contributed by atoms with van der Waals surface area (Å²) in [5, 5.41) is 9.98. The first kappa shape index (κ1) is 13.1. The van der Waals surface area contributed by atoms with Crippen molar-refractivity contribution in [3.05, 3.63) is 30.1 Å². The molecule has 2 atom stereocenters. The molecule has 0 saturated carbocycles. The number of nitrogens with zero attached hydrogens (tertiary/aromatic N) is 2. The fourth-order valence-electron chi connectivity index (χ4n) is 1.60. The van der Waals surface area contributed by atoms with Crippen LogP contribution in [-0.4, -0.2) is 41.7 Å². The molecule has 16 heavy (non-hydrogen) atoms. The van der Waals surface area contributed by atoms with E-state index < -0.39 is 6.10 Å². The van der Waals surface area contributed by atoms with Gasteiger partial charge in [0.25, 0.3) is 0 Å². The molecule has 0 aliphatic rings. The fourth-order valence-corrected chi connectivity index (χ4v) is 1.60. The van der Waals surface area contributed by atoms with Crippen LogP contribution in [0.2, 0.25) is 0 Å². The molecule has 0 fully saturated rings. The van der Waals surface area contributed by atoms with Crippen LogP contribution in [0.15, 0.2) is 24.5 Å². The molecule has 0 saturated heterocycles. The lowest BCUT2D eigenvalue weighted by Crippen LogP contribution is -2.29. The molecule has 1 heterocycles. The van der Waals surface area contributed by atoms with E-state index in [-0.39, 0.29) is 6.04 Å². The molecule has 0 amide bonds. The Kier molecular flexibility index (Phi) is 5.38. The van der Waals surface area contributed by atoms with Crippen molar-refractivity contribution in [2.24, 2.45) is 5.73 Å². The SMILES string of the molecule is CN(C)CCCC(N)C(O)c1cccnc1. The zero-order chi connectivity index (χ0) is 12.0. The van der Waals surface area contributed by atoms with Crippen LogP contribution in [0, 0.1) is 0 Å². The molecule has 2 unspecified atom stereocenters. The van der Waals surface area contributed by atoms with E-state index in [0.717, 1.165) is 24.9 Å². The van der Waals surface area contributed by atoms with Crippen molar-refractivity contribution < 1.29 is 5.11 Å². The molecular weight excluding hydrogens is 202 g/mol. The highest BCUT2D eigenvalue weighted by Gasteiger charge is 2.16. The third-order valence-corrected chi connectivity index (χ3v) is 2.57. The van der Waals surface area contributed by atoms with Gasteiger partial charge in [0.15, 0.2) is 0 Å². The first-order valence-corrected chi connectivity index (χ1v) is 5.59. The van der Waals surface area contributed by atoms with E-state index in [1.807, 2.05) is 26.2 Å². The fraction of sp³-hybridized carbons (Fsp3) is 0.583. The standard InChI is InChI=1S/C12H21N3O/c1-15(2)8-4-6-11(13)12(16)10-5-3-7-14-9-10/h3,5,7,9,11-12,16H,4,6,8,13H2,1-2H3. The Bertz CT molecular complexity index is 290. The summed E-state index contributed by atoms with van der Waals surface area (Å²) in [4.78, 5) is 6.09. The zero-order valence-corrected chi connectivity index (χ0v) is 10.0. The van der Waals surface area contributed by atoms with Gasteiger partial charge in [-0.15, -0.1) is 0 Å². The van der Waals surface area contributed by atoms with E-state index in [9.17, 15) is 5.11 Å². The average molecular weight is 223 g/mol. The summed E-state index contributed by atoms with van der Waals surface area (Å²) >= 11 is 0. The maximum Gasteiger partial charge on any atom is 0.0955 e. The van der Waals surface area contributed by atoms with Crippen LogP contribution in [0.1, 0.15) is 24.5 Å². The molecule has 3 N–H and O–H groups in total. The lowest BCUT2D eigenvalue weighted by atomic mass is 10.0. The first-order chi connectivity index (χ1) is 7.61. The van der Waals surface area contributed by atoms with E-state index in [1.165, 1.54) is 0 Å². The van der Waals surface area contributed by atoms with Crippen molar-refractivity contribution >= 4 is 0 Å². The third-order valence-electron chi connectivity index (χ3n) is 2.57. The van der Waals surface area contributed by atoms with E-state index in [0.29, 0.717) is 0 Å². The highest BCUT2D eigenvalue weighted by molar-refractivity contribution is 5.13. The van der Waals surface area contributed by atoms with Crippen LogP contribution in [0.25, 0.3) is 0 Å². The Morgan fingerprint density at radius 3 is 2.81 bits per heavy atom. The molecule has 4 nitrogen and oxygen atoms in total. The summed E-state index contributed by atoms with van der Waals surface area (Å²) in [7, 11) is 4.06. The zero-order valence-electron chi connectivity index (χ0n) is 10.0. The summed E-state index contributed by atoms with van der Waals surface area (Å²) in [5.41, 5.74) is 6.73. The smallest absolute Gasteiger partial charge is 0.0955 e. The van der Waals surface area contributed by atoms with Gasteiger partial charge in [-0.3, -0.25) is 4.98 Å². The van der Waals surface area contributed by atoms with Gasteiger partial charge in [-0.2, -0.15) is 0 Å². The largest absolute Gasteiger partial charge is 0.387 e. The predicted octanol–water partition coefficient (Wildman–Crippen LogP) is 0.784. The van der Waals surface area contributed by atoms with Crippen molar-refractivity contribution in [3.8, 4) is 0 Å². The van der Waals surface area contributed by atoms with Crippen molar-refractivity contribution in [1.82, 2.24) is 9.88 Å². The minimum Gasteiger partial charge on any atom is -0.387 e. The lowest BCUT2D eigenvalue weighted by molar-refractivity contribution is 0.139. The van der Waals surface area contributed by atoms with Crippen molar-refractivity contribution in [2.45, 2.75) is 25.0 Å². The molecule has 0 spiro atoms. The van der Waals surface area contributed by atoms with Gasteiger partial charge in [0.05, 0.1) is 6.10 Å². The van der Waals surface area contributed by atoms with Gasteiger partial charge in [0, 0.05) is 24.0 Å². The number of aliphatic hydroxyl groups excluding tert-OH is 1. The van der Waals surface area contributed by atoms with Crippen LogP contribution in [0.4, 0.5) is 0 Å². The maximum absolute atomic E-state index is 9.98. The normalized spacial score (nSPS) is 15.1. The predicted molar refractivity (Wildman–Crippen MR) is 65.0 cm³/mol. The first-order valence-electron chi connectivity index (χ1n) is 5.59. The Hall–Kier alpha value is -0.970. The second kappa shape index (κ2) is 6.58. The summed E-state index contributed by atoms with van der Waals surface area (Å²) in [6.45, 7) is 0.994. The number of nitrogens with two attached hydrogens (primary N) is 1. The van der Waals surface area contributed by atoms with Gasteiger partial charge >= 0.3 is 0 Å². The van der Waals surface area contributed by atoms with E-state index in [1.54, 1.807) is 12.4 Å². The second-order valence-electron chi connectivity index (χ2n) is 4.34. The Morgan fingerprint density at radius 2 is 2.25 bits per heavy atom. The average Bonchev–Trinajstić information content (AvgIpc) is 2.28. The van der Waals surface area contributed by atoms with Crippen LogP contribution in [-0.2, 0) is 0 Å². The summed E-state index contributed by atoms with van der Waals surface area (Å²) in [5.74, 6) is 0. The molecule has 0 aromatic carbocycles. The topological polar surface area (TPSA) is 62.4 Å². The maximum atomic E-state index is 9.98. The molecule has 0 radical (unpaired) electrons. The number of aromatic nitrogens is 1. The van der Waals surface area contributed by atoms with E-state index in [2.05, 4.69) is 9.88 Å². The Balaban J connectivity index is 2.39. The molecule has 0 bridgehead atoms. The number of pyridine rings is 1. The van der Waals surface area contributed by atoms with E-state index >= 15 is 0 Å². The molecule has 1 aromatic rings. The third kappa shape index (κ3) is 4.26. The van der Waals surface area contributed by atoms with Crippen LogP contribution in [0.3, 0.4) is 0 Å². The number of aliphatic hydroxyl groups is 1. The quantitative estimate of drug-likeness (QED) is 0.748. The molecule has 90 valence electrons. The lowest BCUT2D eigenvalue weighted by Gasteiger charge is -2.19. The van der Waals surface area contributed by atoms with Crippen molar-refractivity contribution in [3.63, 3.8) is 0 Å². The van der Waals surface area contributed by atoms with Gasteiger partial charge in [-0.05, 0) is 39.5 Å². The minimum absolute atomic E-state index is 0.218. The van der Waals surface area contributed by atoms with Crippen molar-refractivity contribution in [1.29, 1.82) is 0 Å². The number of rotatable bonds is 6. The summed E-state index contributed by atoms with van der Waals surface area (Å²) in [6, 6.07) is 3.44. The van der Waals surface area contributed by atoms with Gasteiger partial charge in [-0.1, -0.05) is 6.07 Å². The van der Waals surface area contributed by atoms with E-state index in [4.69, 9.17) is 5.73 Å². The monoisotopic (exact) mass is 223 g/mol.